The van der Waals surface area contributed by atoms with E-state index in [1.807, 2.05) is 30.3 Å². The number of carboxylic acid groups (broad SMARTS) is 1. The van der Waals surface area contributed by atoms with E-state index >= 15 is 0 Å². The van der Waals surface area contributed by atoms with Crippen molar-refractivity contribution in [1.29, 1.82) is 0 Å². The highest BCUT2D eigenvalue weighted by atomic mass is 32.2. The van der Waals surface area contributed by atoms with Crippen molar-refractivity contribution in [2.24, 2.45) is 5.41 Å². The Morgan fingerprint density at radius 1 is 1.24 bits per heavy atom. The molecule has 0 aliphatic heterocycles. The Morgan fingerprint density at radius 3 is 2.29 bits per heavy atom. The second kappa shape index (κ2) is 7.04. The van der Waals surface area contributed by atoms with Gasteiger partial charge < -0.3 is 5.11 Å². The molecule has 0 radical (unpaired) electrons. The second-order valence-electron chi connectivity index (χ2n) is 6.35. The first-order chi connectivity index (χ1) is 9.59. The number of carbonyl (C=O) groups is 1. The third kappa shape index (κ3) is 7.24. The zero-order valence-electron chi connectivity index (χ0n) is 12.7. The number of hydrogen-bond acceptors (Lipinski definition) is 3. The smallest absolute Gasteiger partial charge is 0.321 e. The fourth-order valence-electron chi connectivity index (χ4n) is 2.02. The summed E-state index contributed by atoms with van der Waals surface area (Å²) >= 11 is 0. The van der Waals surface area contributed by atoms with E-state index in [-0.39, 0.29) is 12.2 Å². The Labute approximate surface area is 126 Å². The van der Waals surface area contributed by atoms with E-state index < -0.39 is 27.4 Å². The van der Waals surface area contributed by atoms with Crippen molar-refractivity contribution in [2.45, 2.75) is 39.7 Å². The Bertz CT molecular complexity index is 561. The van der Waals surface area contributed by atoms with E-state index in [0.717, 1.165) is 5.56 Å². The van der Waals surface area contributed by atoms with Gasteiger partial charge in [0.25, 0.3) is 0 Å². The predicted molar refractivity (Wildman–Crippen MR) is 82.6 cm³/mol. The molecule has 118 valence electrons. The molecule has 0 aromatic heterocycles. The fraction of sp³-hybridized carbons (Fsp3) is 0.533. The molecule has 0 spiro atoms. The molecule has 1 aromatic carbocycles. The van der Waals surface area contributed by atoms with Crippen LogP contribution in [0.3, 0.4) is 0 Å². The SMILES string of the molecule is CC(C)(C)CS(=O)(=O)N[C@@H](CCc1ccccc1)C(=O)O. The Hall–Kier alpha value is -1.40. The van der Waals surface area contributed by atoms with Crippen LogP contribution in [-0.2, 0) is 21.2 Å². The number of aryl methyl sites for hydroxylation is 1. The van der Waals surface area contributed by atoms with Crippen LogP contribution in [0.25, 0.3) is 0 Å². The molecule has 0 amide bonds. The molecular formula is C15H23NO4S. The van der Waals surface area contributed by atoms with E-state index in [1.165, 1.54) is 0 Å². The number of rotatable bonds is 7. The first kappa shape index (κ1) is 17.7. The van der Waals surface area contributed by atoms with Crippen LogP contribution < -0.4 is 4.72 Å². The summed E-state index contributed by atoms with van der Waals surface area (Å²) in [6, 6.07) is 8.30. The van der Waals surface area contributed by atoms with Crippen LogP contribution in [0.15, 0.2) is 30.3 Å². The molecule has 2 N–H and O–H groups in total. The zero-order chi connectivity index (χ0) is 16.1. The standard InChI is InChI=1S/C15H23NO4S/c1-15(2,3)11-21(19,20)16-13(14(17)18)10-9-12-7-5-4-6-8-12/h4-8,13,16H,9-11H2,1-3H3,(H,17,18)/t13-/m0/s1. The molecule has 5 nitrogen and oxygen atoms in total. The van der Waals surface area contributed by atoms with Gasteiger partial charge in [-0.2, -0.15) is 0 Å². The fourth-order valence-corrected chi connectivity index (χ4v) is 3.89. The third-order valence-corrected chi connectivity index (χ3v) is 4.70. The highest BCUT2D eigenvalue weighted by molar-refractivity contribution is 7.89. The van der Waals surface area contributed by atoms with Crippen LogP contribution >= 0.6 is 0 Å². The van der Waals surface area contributed by atoms with Crippen molar-refractivity contribution in [3.8, 4) is 0 Å². The molecule has 0 saturated carbocycles. The van der Waals surface area contributed by atoms with E-state index in [1.54, 1.807) is 20.8 Å². The van der Waals surface area contributed by atoms with Gasteiger partial charge in [0, 0.05) is 0 Å². The zero-order valence-corrected chi connectivity index (χ0v) is 13.5. The first-order valence-electron chi connectivity index (χ1n) is 6.86. The lowest BCUT2D eigenvalue weighted by molar-refractivity contribution is -0.139. The second-order valence-corrected chi connectivity index (χ2v) is 8.11. The van der Waals surface area contributed by atoms with Gasteiger partial charge in [-0.1, -0.05) is 51.1 Å². The van der Waals surface area contributed by atoms with Crippen molar-refractivity contribution in [2.75, 3.05) is 5.75 Å². The summed E-state index contributed by atoms with van der Waals surface area (Å²) < 4.78 is 26.3. The van der Waals surface area contributed by atoms with Crippen LogP contribution in [0.1, 0.15) is 32.8 Å². The summed E-state index contributed by atoms with van der Waals surface area (Å²) in [7, 11) is -3.62. The summed E-state index contributed by atoms with van der Waals surface area (Å²) in [5, 5.41) is 9.19. The monoisotopic (exact) mass is 313 g/mol. The molecule has 21 heavy (non-hydrogen) atoms. The van der Waals surface area contributed by atoms with E-state index in [2.05, 4.69) is 4.72 Å². The summed E-state index contributed by atoms with van der Waals surface area (Å²) in [5.41, 5.74) is 0.563. The molecular weight excluding hydrogens is 290 g/mol. The molecule has 1 rings (SSSR count). The lowest BCUT2D eigenvalue weighted by Crippen LogP contribution is -2.44. The highest BCUT2D eigenvalue weighted by Crippen LogP contribution is 2.16. The minimum Gasteiger partial charge on any atom is -0.480 e. The number of carboxylic acids is 1. The van der Waals surface area contributed by atoms with E-state index in [4.69, 9.17) is 0 Å². The summed E-state index contributed by atoms with van der Waals surface area (Å²) in [6.45, 7) is 5.39. The average Bonchev–Trinajstić information content (AvgIpc) is 2.32. The normalized spacial score (nSPS) is 13.9. The molecule has 0 aliphatic rings. The maximum atomic E-state index is 12.0. The molecule has 0 aliphatic carbocycles. The Morgan fingerprint density at radius 2 is 1.81 bits per heavy atom. The number of benzene rings is 1. The van der Waals surface area contributed by atoms with Crippen LogP contribution in [0.2, 0.25) is 0 Å². The molecule has 1 atom stereocenters. The van der Waals surface area contributed by atoms with Gasteiger partial charge in [0.1, 0.15) is 6.04 Å². The maximum Gasteiger partial charge on any atom is 0.321 e. The molecule has 0 fully saturated rings. The lowest BCUT2D eigenvalue weighted by Gasteiger charge is -2.21. The van der Waals surface area contributed by atoms with E-state index in [0.29, 0.717) is 6.42 Å². The molecule has 0 bridgehead atoms. The molecule has 6 heteroatoms. The van der Waals surface area contributed by atoms with Crippen LogP contribution in [0.4, 0.5) is 0 Å². The van der Waals surface area contributed by atoms with Gasteiger partial charge in [-0.15, -0.1) is 0 Å². The van der Waals surface area contributed by atoms with Gasteiger partial charge in [0.05, 0.1) is 5.75 Å². The molecule has 1 aromatic rings. The number of sulfonamides is 1. The van der Waals surface area contributed by atoms with Gasteiger partial charge in [-0.05, 0) is 23.8 Å². The van der Waals surface area contributed by atoms with Crippen molar-refractivity contribution in [3.63, 3.8) is 0 Å². The van der Waals surface area contributed by atoms with Crippen molar-refractivity contribution in [1.82, 2.24) is 4.72 Å². The number of nitrogens with one attached hydrogen (secondary N) is 1. The largest absolute Gasteiger partial charge is 0.480 e. The van der Waals surface area contributed by atoms with Gasteiger partial charge in [0.15, 0.2) is 0 Å². The van der Waals surface area contributed by atoms with Crippen molar-refractivity contribution < 1.29 is 18.3 Å². The van der Waals surface area contributed by atoms with Crippen molar-refractivity contribution >= 4 is 16.0 Å². The van der Waals surface area contributed by atoms with Gasteiger partial charge in [0.2, 0.25) is 10.0 Å². The van der Waals surface area contributed by atoms with Crippen LogP contribution in [0, 0.1) is 5.41 Å². The maximum absolute atomic E-state index is 12.0. The van der Waals surface area contributed by atoms with Crippen LogP contribution in [-0.4, -0.2) is 31.3 Å². The molecule has 0 unspecified atom stereocenters. The van der Waals surface area contributed by atoms with Gasteiger partial charge in [-0.25, -0.2) is 13.1 Å². The topological polar surface area (TPSA) is 83.5 Å². The van der Waals surface area contributed by atoms with Gasteiger partial charge in [-0.3, -0.25) is 4.79 Å². The minimum absolute atomic E-state index is 0.102. The predicted octanol–water partition coefficient (Wildman–Crippen LogP) is 2.04. The van der Waals surface area contributed by atoms with Crippen molar-refractivity contribution in [3.05, 3.63) is 35.9 Å². The summed E-state index contributed by atoms with van der Waals surface area (Å²) in [5.74, 6) is -1.25. The molecule has 0 saturated heterocycles. The summed E-state index contributed by atoms with van der Waals surface area (Å²) in [6.07, 6.45) is 0.735. The van der Waals surface area contributed by atoms with Gasteiger partial charge >= 0.3 is 5.97 Å². The lowest BCUT2D eigenvalue weighted by atomic mass is 10.0. The first-order valence-corrected chi connectivity index (χ1v) is 8.51. The Balaban J connectivity index is 2.68. The average molecular weight is 313 g/mol. The van der Waals surface area contributed by atoms with Crippen LogP contribution in [0.5, 0.6) is 0 Å². The Kier molecular flexibility index (Phi) is 5.92. The van der Waals surface area contributed by atoms with E-state index in [9.17, 15) is 18.3 Å². The summed E-state index contributed by atoms with van der Waals surface area (Å²) in [4.78, 5) is 11.2. The molecule has 0 heterocycles. The highest BCUT2D eigenvalue weighted by Gasteiger charge is 2.27. The quantitative estimate of drug-likeness (QED) is 0.807. The number of hydrogen-bond donors (Lipinski definition) is 2. The number of aliphatic carboxylic acids is 1. The minimum atomic E-state index is -3.62. The third-order valence-electron chi connectivity index (χ3n) is 2.81.